The maximum atomic E-state index is 5.08. The van der Waals surface area contributed by atoms with Gasteiger partial charge < -0.3 is 4.52 Å². The quantitative estimate of drug-likeness (QED) is 0.870. The van der Waals surface area contributed by atoms with Crippen LogP contribution in [-0.4, -0.2) is 22.1 Å². The van der Waals surface area contributed by atoms with Crippen molar-refractivity contribution in [1.82, 2.24) is 15.0 Å². The van der Waals surface area contributed by atoms with Gasteiger partial charge in [-0.2, -0.15) is 4.98 Å². The summed E-state index contributed by atoms with van der Waals surface area (Å²) < 4.78 is 6.18. The van der Waals surface area contributed by atoms with Gasteiger partial charge in [-0.15, -0.1) is 0 Å². The van der Waals surface area contributed by atoms with Gasteiger partial charge in [-0.3, -0.25) is 4.90 Å². The van der Waals surface area contributed by atoms with Gasteiger partial charge in [-0.1, -0.05) is 33.2 Å². The molecule has 1 heterocycles. The minimum absolute atomic E-state index is 0.655. The largest absolute Gasteiger partial charge is 0.338 e. The molecule has 0 aliphatic carbocycles. The summed E-state index contributed by atoms with van der Waals surface area (Å²) in [7, 11) is 2.03. The highest BCUT2D eigenvalue weighted by Crippen LogP contribution is 2.12. The van der Waals surface area contributed by atoms with Gasteiger partial charge in [-0.05, 0) is 31.7 Å². The fourth-order valence-electron chi connectivity index (χ4n) is 1.59. The second-order valence-corrected chi connectivity index (χ2v) is 4.95. The number of hydrogen-bond donors (Lipinski definition) is 0. The Bertz CT molecular complexity index is 481. The number of aromatic nitrogens is 2. The molecule has 2 aromatic rings. The smallest absolute Gasteiger partial charge is 0.240 e. The normalized spacial score (nSPS) is 11.1. The van der Waals surface area contributed by atoms with E-state index in [0.717, 1.165) is 11.0 Å². The lowest BCUT2D eigenvalue weighted by Crippen LogP contribution is -2.17. The van der Waals surface area contributed by atoms with Crippen molar-refractivity contribution in [3.8, 4) is 0 Å². The summed E-state index contributed by atoms with van der Waals surface area (Å²) in [6.07, 6.45) is 0. The van der Waals surface area contributed by atoms with Crippen molar-refractivity contribution < 1.29 is 4.52 Å². The summed E-state index contributed by atoms with van der Waals surface area (Å²) >= 11 is 3.42. The zero-order valence-corrected chi connectivity index (χ0v) is 11.4. The van der Waals surface area contributed by atoms with E-state index in [2.05, 4.69) is 43.1 Å². The van der Waals surface area contributed by atoms with Crippen molar-refractivity contribution in [2.45, 2.75) is 20.0 Å². The first-order valence-corrected chi connectivity index (χ1v) is 6.15. The summed E-state index contributed by atoms with van der Waals surface area (Å²) in [5.74, 6) is 1.33. The fourth-order valence-corrected chi connectivity index (χ4v) is 1.86. The molecule has 0 fully saturated rings. The van der Waals surface area contributed by atoms with E-state index in [1.54, 1.807) is 0 Å². The van der Waals surface area contributed by atoms with E-state index in [4.69, 9.17) is 4.52 Å². The topological polar surface area (TPSA) is 42.2 Å². The molecule has 0 N–H and O–H groups in total. The molecular formula is C12H14BrN3O. The Balaban J connectivity index is 1.93. The van der Waals surface area contributed by atoms with Crippen molar-refractivity contribution in [2.24, 2.45) is 0 Å². The van der Waals surface area contributed by atoms with Crippen molar-refractivity contribution in [3.63, 3.8) is 0 Å². The molecule has 1 aromatic carbocycles. The lowest BCUT2D eigenvalue weighted by atomic mass is 10.2. The van der Waals surface area contributed by atoms with Gasteiger partial charge in [-0.25, -0.2) is 0 Å². The summed E-state index contributed by atoms with van der Waals surface area (Å²) in [5.41, 5.74) is 1.26. The molecule has 0 unspecified atom stereocenters. The minimum Gasteiger partial charge on any atom is -0.338 e. The molecule has 1 aromatic heterocycles. The summed E-state index contributed by atoms with van der Waals surface area (Å²) in [6, 6.07) is 8.28. The van der Waals surface area contributed by atoms with Gasteiger partial charge in [0.15, 0.2) is 5.82 Å². The highest BCUT2D eigenvalue weighted by molar-refractivity contribution is 9.10. The second kappa shape index (κ2) is 5.42. The molecule has 0 aliphatic heterocycles. The van der Waals surface area contributed by atoms with Crippen LogP contribution >= 0.6 is 15.9 Å². The predicted molar refractivity (Wildman–Crippen MR) is 68.3 cm³/mol. The Morgan fingerprint density at radius 2 is 1.94 bits per heavy atom. The molecule has 0 aliphatic rings. The number of halogens is 1. The van der Waals surface area contributed by atoms with E-state index in [1.165, 1.54) is 5.56 Å². The standard InChI is InChI=1S/C12H14BrN3O/c1-9-14-12(17-15-9)8-16(2)7-10-3-5-11(13)6-4-10/h3-6H,7-8H2,1-2H3. The lowest BCUT2D eigenvalue weighted by molar-refractivity contribution is 0.260. The highest BCUT2D eigenvalue weighted by atomic mass is 79.9. The monoisotopic (exact) mass is 295 g/mol. The first-order chi connectivity index (χ1) is 8.13. The zero-order chi connectivity index (χ0) is 12.3. The number of nitrogens with zero attached hydrogens (tertiary/aromatic N) is 3. The second-order valence-electron chi connectivity index (χ2n) is 4.03. The predicted octanol–water partition coefficient (Wildman–Crippen LogP) is 2.77. The zero-order valence-electron chi connectivity index (χ0n) is 9.85. The van der Waals surface area contributed by atoms with Gasteiger partial charge in [0, 0.05) is 11.0 Å². The summed E-state index contributed by atoms with van der Waals surface area (Å²) in [5, 5.41) is 3.77. The van der Waals surface area contributed by atoms with E-state index < -0.39 is 0 Å². The van der Waals surface area contributed by atoms with Crippen LogP contribution in [0.5, 0.6) is 0 Å². The molecule has 0 saturated heterocycles. The summed E-state index contributed by atoms with van der Waals surface area (Å²) in [4.78, 5) is 6.31. The number of aryl methyl sites for hydroxylation is 1. The van der Waals surface area contributed by atoms with Crippen LogP contribution in [0.2, 0.25) is 0 Å². The van der Waals surface area contributed by atoms with Crippen molar-refractivity contribution in [1.29, 1.82) is 0 Å². The maximum Gasteiger partial charge on any atom is 0.240 e. The Morgan fingerprint density at radius 1 is 1.24 bits per heavy atom. The Hall–Kier alpha value is -1.20. The van der Waals surface area contributed by atoms with E-state index in [0.29, 0.717) is 18.3 Å². The molecule has 0 bridgehead atoms. The third kappa shape index (κ3) is 3.64. The van der Waals surface area contributed by atoms with Crippen LogP contribution in [-0.2, 0) is 13.1 Å². The first-order valence-electron chi connectivity index (χ1n) is 5.35. The molecule has 0 spiro atoms. The van der Waals surface area contributed by atoms with Crippen LogP contribution in [0.4, 0.5) is 0 Å². The SMILES string of the molecule is Cc1noc(CN(C)Cc2ccc(Br)cc2)n1. The van der Waals surface area contributed by atoms with E-state index in [-0.39, 0.29) is 0 Å². The van der Waals surface area contributed by atoms with E-state index >= 15 is 0 Å². The van der Waals surface area contributed by atoms with Crippen LogP contribution in [0.1, 0.15) is 17.3 Å². The van der Waals surface area contributed by atoms with E-state index in [1.807, 2.05) is 26.1 Å². The Labute approximate surface area is 109 Å². The third-order valence-corrected chi connectivity index (χ3v) is 2.87. The van der Waals surface area contributed by atoms with Crippen molar-refractivity contribution >= 4 is 15.9 Å². The van der Waals surface area contributed by atoms with Gasteiger partial charge in [0.05, 0.1) is 6.54 Å². The average molecular weight is 296 g/mol. The molecule has 5 heteroatoms. The van der Waals surface area contributed by atoms with Crippen molar-refractivity contribution in [2.75, 3.05) is 7.05 Å². The maximum absolute atomic E-state index is 5.08. The molecule has 0 radical (unpaired) electrons. The van der Waals surface area contributed by atoms with E-state index in [9.17, 15) is 0 Å². The van der Waals surface area contributed by atoms with Crippen LogP contribution in [0.3, 0.4) is 0 Å². The highest BCUT2D eigenvalue weighted by Gasteiger charge is 2.07. The fraction of sp³-hybridized carbons (Fsp3) is 0.333. The Kier molecular flexibility index (Phi) is 3.91. The molecule has 17 heavy (non-hydrogen) atoms. The van der Waals surface area contributed by atoms with Crippen molar-refractivity contribution in [3.05, 3.63) is 46.0 Å². The first kappa shape index (κ1) is 12.3. The number of hydrogen-bond acceptors (Lipinski definition) is 4. The molecule has 0 saturated carbocycles. The van der Waals surface area contributed by atoms with Crippen LogP contribution in [0, 0.1) is 6.92 Å². The molecule has 4 nitrogen and oxygen atoms in total. The Morgan fingerprint density at radius 3 is 2.53 bits per heavy atom. The molecule has 0 amide bonds. The van der Waals surface area contributed by atoms with Crippen LogP contribution in [0.25, 0.3) is 0 Å². The van der Waals surface area contributed by atoms with Crippen LogP contribution < -0.4 is 0 Å². The number of rotatable bonds is 4. The minimum atomic E-state index is 0.655. The number of benzene rings is 1. The lowest BCUT2D eigenvalue weighted by Gasteiger charge is -2.13. The molecular weight excluding hydrogens is 282 g/mol. The van der Waals surface area contributed by atoms with Gasteiger partial charge in [0.1, 0.15) is 0 Å². The molecule has 0 atom stereocenters. The molecule has 90 valence electrons. The third-order valence-electron chi connectivity index (χ3n) is 2.34. The van der Waals surface area contributed by atoms with Gasteiger partial charge in [0.2, 0.25) is 5.89 Å². The summed E-state index contributed by atoms with van der Waals surface area (Å²) in [6.45, 7) is 3.34. The average Bonchev–Trinajstić information content (AvgIpc) is 2.67. The van der Waals surface area contributed by atoms with Gasteiger partial charge >= 0.3 is 0 Å². The molecule has 2 rings (SSSR count). The van der Waals surface area contributed by atoms with Crippen LogP contribution in [0.15, 0.2) is 33.3 Å². The van der Waals surface area contributed by atoms with Gasteiger partial charge in [0.25, 0.3) is 0 Å².